The van der Waals surface area contributed by atoms with E-state index in [1.807, 2.05) is 36.4 Å². The van der Waals surface area contributed by atoms with Gasteiger partial charge in [-0.2, -0.15) is 5.10 Å². The van der Waals surface area contributed by atoms with Crippen molar-refractivity contribution >= 4 is 0 Å². The average molecular weight is 280 g/mol. The summed E-state index contributed by atoms with van der Waals surface area (Å²) in [5.41, 5.74) is 8.07. The van der Waals surface area contributed by atoms with Gasteiger partial charge in [0, 0.05) is 5.56 Å². The number of phenols is 1. The molecule has 3 rings (SSSR count). The highest BCUT2D eigenvalue weighted by molar-refractivity contribution is 5.56. The lowest BCUT2D eigenvalue weighted by Crippen LogP contribution is -2.15. The summed E-state index contributed by atoms with van der Waals surface area (Å²) in [5.74, 6) is 1.36. The van der Waals surface area contributed by atoms with E-state index >= 15 is 0 Å². The number of nitrogens with zero attached hydrogens (tertiary/aromatic N) is 2. The Kier molecular flexibility index (Phi) is 3.66. The first-order valence-corrected chi connectivity index (χ1v) is 6.73. The van der Waals surface area contributed by atoms with Crippen molar-refractivity contribution in [2.75, 3.05) is 0 Å². The Hall–Kier alpha value is -2.66. The minimum atomic E-state index is -0.244. The molecule has 1 aromatic heterocycles. The molecule has 2 aromatic carbocycles. The predicted octanol–water partition coefficient (Wildman–Crippen LogP) is 2.42. The quantitative estimate of drug-likeness (QED) is 0.685. The largest absolute Gasteiger partial charge is 0.508 e. The first-order chi connectivity index (χ1) is 10.2. The van der Waals surface area contributed by atoms with Gasteiger partial charge in [0.2, 0.25) is 0 Å². The molecular formula is C16H16N4O. The Morgan fingerprint density at radius 2 is 1.90 bits per heavy atom. The molecule has 0 aliphatic carbocycles. The van der Waals surface area contributed by atoms with Crippen molar-refractivity contribution in [1.82, 2.24) is 15.2 Å². The minimum absolute atomic E-state index is 0.187. The van der Waals surface area contributed by atoms with Crippen LogP contribution in [0, 0.1) is 0 Å². The van der Waals surface area contributed by atoms with Crippen LogP contribution in [-0.2, 0) is 6.42 Å². The summed E-state index contributed by atoms with van der Waals surface area (Å²) in [6.45, 7) is 0. The van der Waals surface area contributed by atoms with Crippen LogP contribution in [0.15, 0.2) is 54.6 Å². The van der Waals surface area contributed by atoms with Crippen LogP contribution in [0.5, 0.6) is 5.75 Å². The van der Waals surface area contributed by atoms with Crippen LogP contribution in [0.25, 0.3) is 11.4 Å². The summed E-state index contributed by atoms with van der Waals surface area (Å²) >= 11 is 0. The number of rotatable bonds is 4. The normalized spacial score (nSPS) is 12.2. The number of nitrogens with one attached hydrogen (secondary N) is 1. The molecule has 21 heavy (non-hydrogen) atoms. The van der Waals surface area contributed by atoms with Crippen molar-refractivity contribution in [2.24, 2.45) is 5.73 Å². The highest BCUT2D eigenvalue weighted by atomic mass is 16.3. The molecule has 5 nitrogen and oxygen atoms in total. The maximum absolute atomic E-state index is 9.49. The third-order valence-electron chi connectivity index (χ3n) is 3.26. The number of nitrogens with two attached hydrogens (primary N) is 1. The van der Waals surface area contributed by atoms with Crippen molar-refractivity contribution in [3.63, 3.8) is 0 Å². The highest BCUT2D eigenvalue weighted by Crippen LogP contribution is 2.21. The van der Waals surface area contributed by atoms with Crippen LogP contribution >= 0.6 is 0 Å². The second-order valence-electron chi connectivity index (χ2n) is 4.89. The van der Waals surface area contributed by atoms with Gasteiger partial charge in [-0.3, -0.25) is 5.10 Å². The summed E-state index contributed by atoms with van der Waals surface area (Å²) in [6, 6.07) is 16.6. The van der Waals surface area contributed by atoms with Gasteiger partial charge in [-0.05, 0) is 24.1 Å². The third kappa shape index (κ3) is 3.09. The first-order valence-electron chi connectivity index (χ1n) is 6.73. The average Bonchev–Trinajstić information content (AvgIpc) is 2.98. The first kappa shape index (κ1) is 13.3. The molecule has 0 bridgehead atoms. The molecule has 0 amide bonds. The summed E-state index contributed by atoms with van der Waals surface area (Å²) < 4.78 is 0. The Balaban J connectivity index is 1.78. The van der Waals surface area contributed by atoms with Crippen LogP contribution in [0.2, 0.25) is 0 Å². The third-order valence-corrected chi connectivity index (χ3v) is 3.26. The van der Waals surface area contributed by atoms with Crippen LogP contribution in [0.4, 0.5) is 0 Å². The lowest BCUT2D eigenvalue weighted by Gasteiger charge is -2.07. The SMILES string of the molecule is NC(Cc1ccccc1)c1nc(-c2cccc(O)c2)n[nH]1. The van der Waals surface area contributed by atoms with Gasteiger partial charge < -0.3 is 10.8 Å². The fourth-order valence-electron chi connectivity index (χ4n) is 2.18. The Labute approximate surface area is 122 Å². The Bertz CT molecular complexity index is 724. The molecule has 0 saturated heterocycles. The smallest absolute Gasteiger partial charge is 0.181 e. The minimum Gasteiger partial charge on any atom is -0.508 e. The van der Waals surface area contributed by atoms with E-state index in [-0.39, 0.29) is 11.8 Å². The molecular weight excluding hydrogens is 264 g/mol. The van der Waals surface area contributed by atoms with Crippen molar-refractivity contribution in [3.05, 3.63) is 66.0 Å². The van der Waals surface area contributed by atoms with Gasteiger partial charge in [-0.15, -0.1) is 0 Å². The van der Waals surface area contributed by atoms with Crippen molar-refractivity contribution in [2.45, 2.75) is 12.5 Å². The standard InChI is InChI=1S/C16H16N4O/c17-14(9-11-5-2-1-3-6-11)16-18-15(19-20-16)12-7-4-8-13(21)10-12/h1-8,10,14,21H,9,17H2,(H,18,19,20). The molecule has 1 unspecified atom stereocenters. The molecule has 3 aromatic rings. The van der Waals surface area contributed by atoms with E-state index in [1.54, 1.807) is 18.2 Å². The summed E-state index contributed by atoms with van der Waals surface area (Å²) in [7, 11) is 0. The van der Waals surface area contributed by atoms with Gasteiger partial charge in [0.25, 0.3) is 0 Å². The van der Waals surface area contributed by atoms with Gasteiger partial charge in [0.15, 0.2) is 5.82 Å². The van der Waals surface area contributed by atoms with Gasteiger partial charge >= 0.3 is 0 Å². The number of aromatic nitrogens is 3. The maximum atomic E-state index is 9.49. The molecule has 0 radical (unpaired) electrons. The number of aromatic amines is 1. The van der Waals surface area contributed by atoms with Crippen molar-refractivity contribution in [1.29, 1.82) is 0 Å². The van der Waals surface area contributed by atoms with Gasteiger partial charge in [-0.25, -0.2) is 4.98 Å². The highest BCUT2D eigenvalue weighted by Gasteiger charge is 2.13. The second-order valence-corrected chi connectivity index (χ2v) is 4.89. The molecule has 0 saturated carbocycles. The van der Waals surface area contributed by atoms with Crippen LogP contribution < -0.4 is 5.73 Å². The van der Waals surface area contributed by atoms with Crippen molar-refractivity contribution < 1.29 is 5.11 Å². The summed E-state index contributed by atoms with van der Waals surface area (Å²) in [6.07, 6.45) is 0.690. The molecule has 0 fully saturated rings. The fourth-order valence-corrected chi connectivity index (χ4v) is 2.18. The molecule has 5 heteroatoms. The van der Waals surface area contributed by atoms with E-state index in [4.69, 9.17) is 5.73 Å². The molecule has 0 aliphatic heterocycles. The molecule has 0 spiro atoms. The molecule has 4 N–H and O–H groups in total. The maximum Gasteiger partial charge on any atom is 0.181 e. The number of hydrogen-bond donors (Lipinski definition) is 3. The van der Waals surface area contributed by atoms with Gasteiger partial charge in [-0.1, -0.05) is 42.5 Å². The van der Waals surface area contributed by atoms with Crippen molar-refractivity contribution in [3.8, 4) is 17.1 Å². The van der Waals surface area contributed by atoms with E-state index in [0.717, 1.165) is 11.1 Å². The van der Waals surface area contributed by atoms with Crippen LogP contribution in [-0.4, -0.2) is 20.3 Å². The zero-order valence-electron chi connectivity index (χ0n) is 11.4. The van der Waals surface area contributed by atoms with E-state index in [9.17, 15) is 5.11 Å². The number of phenolic OH excluding ortho intramolecular Hbond substituents is 1. The number of H-pyrrole nitrogens is 1. The molecule has 106 valence electrons. The second kappa shape index (κ2) is 5.76. The lowest BCUT2D eigenvalue weighted by molar-refractivity contribution is 0.475. The monoisotopic (exact) mass is 280 g/mol. The molecule has 1 atom stereocenters. The summed E-state index contributed by atoms with van der Waals surface area (Å²) in [4.78, 5) is 4.41. The molecule has 0 aliphatic rings. The van der Waals surface area contributed by atoms with E-state index < -0.39 is 0 Å². The van der Waals surface area contributed by atoms with E-state index in [2.05, 4.69) is 15.2 Å². The topological polar surface area (TPSA) is 87.8 Å². The number of hydrogen-bond acceptors (Lipinski definition) is 4. The number of benzene rings is 2. The van der Waals surface area contributed by atoms with Crippen LogP contribution in [0.1, 0.15) is 17.4 Å². The Morgan fingerprint density at radius 1 is 1.10 bits per heavy atom. The zero-order chi connectivity index (χ0) is 14.7. The zero-order valence-corrected chi connectivity index (χ0v) is 11.4. The van der Waals surface area contributed by atoms with Gasteiger partial charge in [0.05, 0.1) is 6.04 Å². The van der Waals surface area contributed by atoms with Crippen LogP contribution in [0.3, 0.4) is 0 Å². The molecule has 1 heterocycles. The van der Waals surface area contributed by atoms with E-state index in [1.165, 1.54) is 0 Å². The number of aromatic hydroxyl groups is 1. The Morgan fingerprint density at radius 3 is 2.67 bits per heavy atom. The fraction of sp³-hybridized carbons (Fsp3) is 0.125. The lowest BCUT2D eigenvalue weighted by atomic mass is 10.1. The van der Waals surface area contributed by atoms with E-state index in [0.29, 0.717) is 18.1 Å². The summed E-state index contributed by atoms with van der Waals surface area (Å²) in [5, 5.41) is 16.5. The van der Waals surface area contributed by atoms with Gasteiger partial charge in [0.1, 0.15) is 11.6 Å². The predicted molar refractivity (Wildman–Crippen MR) is 80.6 cm³/mol.